The Labute approximate surface area is 160 Å². The molecular weight excluding hydrogens is 331 g/mol. The van der Waals surface area contributed by atoms with Crippen LogP contribution in [-0.4, -0.2) is 23.5 Å². The van der Waals surface area contributed by atoms with E-state index in [1.54, 1.807) is 12.1 Å². The number of unbranched alkanes of at least 4 members (excludes halogenated alkanes) is 5. The predicted molar refractivity (Wildman–Crippen MR) is 80.5 cm³/mol. The molecule has 0 N–H and O–H groups in total. The van der Waals surface area contributed by atoms with Crippen LogP contribution in [0.3, 0.4) is 0 Å². The van der Waals surface area contributed by atoms with Crippen molar-refractivity contribution < 1.29 is 56.6 Å². The molecule has 0 saturated heterocycles. The zero-order valence-electron chi connectivity index (χ0n) is 13.7. The van der Waals surface area contributed by atoms with E-state index in [0.717, 1.165) is 12.8 Å². The van der Waals surface area contributed by atoms with Crippen LogP contribution in [0.25, 0.3) is 0 Å². The average Bonchev–Trinajstić information content (AvgIpc) is 2.42. The summed E-state index contributed by atoms with van der Waals surface area (Å²) in [6.07, 6.45) is 7.67. The van der Waals surface area contributed by atoms with Gasteiger partial charge in [-0.3, -0.25) is 13.2 Å². The third kappa shape index (κ3) is 21.6. The number of hydrogen-bond donors (Lipinski definition) is 0. The smallest absolute Gasteiger partial charge is 0.759 e. The molecule has 0 aliphatic rings. The Kier molecular flexibility index (Phi) is 16.3. The number of esters is 1. The monoisotopic (exact) mass is 353 g/mol. The SMILES string of the molecule is CCCCCCCCC(=O)Oc1ccccc1.O=S(=O)([O-])[O-].[Na+]. The van der Waals surface area contributed by atoms with E-state index in [2.05, 4.69) is 6.92 Å². The van der Waals surface area contributed by atoms with Crippen molar-refractivity contribution in [3.05, 3.63) is 30.3 Å². The van der Waals surface area contributed by atoms with E-state index in [1.165, 1.54) is 25.7 Å². The summed E-state index contributed by atoms with van der Waals surface area (Å²) in [5.74, 6) is 0.523. The van der Waals surface area contributed by atoms with E-state index in [0.29, 0.717) is 12.2 Å². The van der Waals surface area contributed by atoms with Crippen molar-refractivity contribution in [1.29, 1.82) is 0 Å². The Morgan fingerprint density at radius 3 is 2.00 bits per heavy atom. The van der Waals surface area contributed by atoms with Gasteiger partial charge in [0.05, 0.1) is 0 Å². The van der Waals surface area contributed by atoms with E-state index >= 15 is 0 Å². The van der Waals surface area contributed by atoms with Gasteiger partial charge in [0.1, 0.15) is 5.75 Å². The molecule has 0 saturated carbocycles. The fourth-order valence-electron chi connectivity index (χ4n) is 1.72. The molecule has 0 radical (unpaired) electrons. The predicted octanol–water partition coefficient (Wildman–Crippen LogP) is 0.00860. The Balaban J connectivity index is 0. The molecule has 1 aromatic carbocycles. The second-order valence-corrected chi connectivity index (χ2v) is 5.53. The first kappa shape index (κ1) is 24.8. The van der Waals surface area contributed by atoms with Crippen LogP contribution in [0.1, 0.15) is 51.9 Å². The molecule has 6 nitrogen and oxygen atoms in total. The van der Waals surface area contributed by atoms with Crippen LogP contribution in [0, 0.1) is 0 Å². The van der Waals surface area contributed by atoms with Gasteiger partial charge in [-0.15, -0.1) is 0 Å². The summed E-state index contributed by atoms with van der Waals surface area (Å²) >= 11 is 0. The zero-order chi connectivity index (χ0) is 16.8. The van der Waals surface area contributed by atoms with Gasteiger partial charge in [-0.25, -0.2) is 0 Å². The molecule has 0 aliphatic carbocycles. The first-order chi connectivity index (χ1) is 10.3. The van der Waals surface area contributed by atoms with Crippen molar-refractivity contribution >= 4 is 16.4 Å². The van der Waals surface area contributed by atoms with Crippen molar-refractivity contribution in [2.75, 3.05) is 0 Å². The van der Waals surface area contributed by atoms with Crippen LogP contribution in [0.15, 0.2) is 30.3 Å². The molecule has 0 heterocycles. The fourth-order valence-corrected chi connectivity index (χ4v) is 1.72. The molecule has 0 bridgehead atoms. The number of hydrogen-bond acceptors (Lipinski definition) is 6. The first-order valence-electron chi connectivity index (χ1n) is 7.25. The van der Waals surface area contributed by atoms with E-state index < -0.39 is 10.4 Å². The van der Waals surface area contributed by atoms with Gasteiger partial charge in [0.2, 0.25) is 0 Å². The molecule has 1 rings (SSSR count). The maximum atomic E-state index is 11.5. The third-order valence-corrected chi connectivity index (χ3v) is 2.71. The van der Waals surface area contributed by atoms with Gasteiger partial charge in [0, 0.05) is 16.8 Å². The maximum Gasteiger partial charge on any atom is 1.00 e. The molecule has 0 aromatic heterocycles. The fraction of sp³-hybridized carbons (Fsp3) is 0.533. The number of benzene rings is 1. The Morgan fingerprint density at radius 2 is 1.48 bits per heavy atom. The van der Waals surface area contributed by atoms with E-state index in [1.807, 2.05) is 18.2 Å². The molecule has 0 fully saturated rings. The summed E-state index contributed by atoms with van der Waals surface area (Å²) in [6.45, 7) is 2.21. The number of rotatable bonds is 8. The summed E-state index contributed by atoms with van der Waals surface area (Å²) in [7, 11) is -5.17. The number of carbonyl (C=O) groups is 1. The molecular formula is C15H22NaO6S-. The topological polar surface area (TPSA) is 107 Å². The molecule has 0 amide bonds. The molecule has 0 spiro atoms. The van der Waals surface area contributed by atoms with Crippen molar-refractivity contribution in [3.8, 4) is 5.75 Å². The van der Waals surface area contributed by atoms with Gasteiger partial charge in [-0.2, -0.15) is 0 Å². The van der Waals surface area contributed by atoms with Crippen LogP contribution in [0.2, 0.25) is 0 Å². The van der Waals surface area contributed by atoms with Gasteiger partial charge >= 0.3 is 35.5 Å². The normalized spacial score (nSPS) is 10.0. The maximum absolute atomic E-state index is 11.5. The van der Waals surface area contributed by atoms with E-state index in [-0.39, 0.29) is 35.5 Å². The minimum Gasteiger partial charge on any atom is -0.759 e. The summed E-state index contributed by atoms with van der Waals surface area (Å²) in [4.78, 5) is 11.5. The van der Waals surface area contributed by atoms with Gasteiger partial charge in [-0.05, 0) is 18.6 Å². The van der Waals surface area contributed by atoms with Crippen LogP contribution in [-0.2, 0) is 15.2 Å². The quantitative estimate of drug-likeness (QED) is 0.163. The van der Waals surface area contributed by atoms with Crippen molar-refractivity contribution in [2.24, 2.45) is 0 Å². The minimum atomic E-state index is -5.17. The van der Waals surface area contributed by atoms with E-state index in [9.17, 15) is 4.79 Å². The standard InChI is InChI=1S/C15H22O2.Na.H2O4S/c1-2-3-4-5-6-10-13-15(16)17-14-11-8-7-9-12-14;;1-5(2,3)4/h7-9,11-12H,2-6,10,13H2,1H3;;(H2,1,2,3,4)/q;+1;/p-2. The average molecular weight is 353 g/mol. The number of ether oxygens (including phenoxy) is 1. The van der Waals surface area contributed by atoms with Crippen LogP contribution in [0.4, 0.5) is 0 Å². The molecule has 0 atom stereocenters. The van der Waals surface area contributed by atoms with Gasteiger partial charge < -0.3 is 13.8 Å². The second kappa shape index (κ2) is 15.1. The molecule has 23 heavy (non-hydrogen) atoms. The Bertz CT molecular complexity index is 496. The summed E-state index contributed by atoms with van der Waals surface area (Å²) in [5, 5.41) is 0. The largest absolute Gasteiger partial charge is 1.00 e. The Morgan fingerprint density at radius 1 is 1.00 bits per heavy atom. The molecule has 0 unspecified atom stereocenters. The van der Waals surface area contributed by atoms with Crippen LogP contribution >= 0.6 is 0 Å². The van der Waals surface area contributed by atoms with Crippen molar-refractivity contribution in [1.82, 2.24) is 0 Å². The van der Waals surface area contributed by atoms with Crippen LogP contribution < -0.4 is 34.3 Å². The molecule has 1 aromatic rings. The second-order valence-electron chi connectivity index (χ2n) is 4.71. The molecule has 126 valence electrons. The van der Waals surface area contributed by atoms with Crippen molar-refractivity contribution in [2.45, 2.75) is 51.9 Å². The number of carbonyl (C=O) groups excluding carboxylic acids is 1. The number of para-hydroxylation sites is 1. The molecule has 8 heteroatoms. The summed E-state index contributed by atoms with van der Waals surface area (Å²) < 4.78 is 39.3. The Hall–Kier alpha value is -0.440. The van der Waals surface area contributed by atoms with Gasteiger partial charge in [-0.1, -0.05) is 57.2 Å². The third-order valence-electron chi connectivity index (χ3n) is 2.71. The van der Waals surface area contributed by atoms with E-state index in [4.69, 9.17) is 22.3 Å². The van der Waals surface area contributed by atoms with Gasteiger partial charge in [0.25, 0.3) is 0 Å². The minimum absolute atomic E-state index is 0. The van der Waals surface area contributed by atoms with Gasteiger partial charge in [0.15, 0.2) is 0 Å². The summed E-state index contributed by atoms with van der Waals surface area (Å²) in [5.41, 5.74) is 0. The molecule has 0 aliphatic heterocycles. The first-order valence-corrected chi connectivity index (χ1v) is 8.58. The zero-order valence-corrected chi connectivity index (χ0v) is 16.5. The summed E-state index contributed by atoms with van der Waals surface area (Å²) in [6, 6.07) is 9.25. The van der Waals surface area contributed by atoms with Crippen LogP contribution in [0.5, 0.6) is 5.75 Å². The van der Waals surface area contributed by atoms with Crippen molar-refractivity contribution in [3.63, 3.8) is 0 Å².